The lowest BCUT2D eigenvalue weighted by Gasteiger charge is -2.08. The highest BCUT2D eigenvalue weighted by molar-refractivity contribution is 6.05. The van der Waals surface area contributed by atoms with Gasteiger partial charge in [-0.1, -0.05) is 30.8 Å². The fourth-order valence-corrected chi connectivity index (χ4v) is 2.10. The van der Waals surface area contributed by atoms with Crippen LogP contribution in [0.25, 0.3) is 0 Å². The first kappa shape index (κ1) is 17.2. The zero-order valence-electron chi connectivity index (χ0n) is 13.5. The van der Waals surface area contributed by atoms with Gasteiger partial charge in [-0.2, -0.15) is 5.90 Å². The fraction of sp³-hybridized carbons (Fsp3) is 0.111. The number of aliphatic imine (C=N–C) groups is 1. The zero-order valence-corrected chi connectivity index (χ0v) is 13.5. The van der Waals surface area contributed by atoms with Crippen LogP contribution in [-0.4, -0.2) is 11.8 Å². The Balaban J connectivity index is 2.02. The number of hydrogen-bond donors (Lipinski definition) is 3. The highest BCUT2D eigenvalue weighted by atomic mass is 16.6. The van der Waals surface area contributed by atoms with Crippen molar-refractivity contribution in [2.75, 3.05) is 11.1 Å². The molecule has 0 aliphatic heterocycles. The van der Waals surface area contributed by atoms with Crippen molar-refractivity contribution >= 4 is 23.2 Å². The van der Waals surface area contributed by atoms with Crippen LogP contribution in [0.1, 0.15) is 22.8 Å². The maximum Gasteiger partial charge on any atom is 0.255 e. The van der Waals surface area contributed by atoms with Gasteiger partial charge in [-0.3, -0.25) is 4.79 Å². The highest BCUT2D eigenvalue weighted by Crippen LogP contribution is 2.18. The number of nitrogens with one attached hydrogen (secondary N) is 1. The first-order valence-electron chi connectivity index (χ1n) is 7.34. The van der Waals surface area contributed by atoms with Gasteiger partial charge in [0, 0.05) is 24.6 Å². The number of nitrogens with two attached hydrogens (primary N) is 2. The predicted octanol–water partition coefficient (Wildman–Crippen LogP) is 2.89. The number of nitrogen functional groups attached to an aromatic ring is 1. The van der Waals surface area contributed by atoms with E-state index in [2.05, 4.69) is 21.7 Å². The molecule has 0 atom stereocenters. The van der Waals surface area contributed by atoms with Crippen molar-refractivity contribution in [1.29, 1.82) is 0 Å². The minimum atomic E-state index is -0.219. The average Bonchev–Trinajstić information content (AvgIpc) is 2.57. The molecule has 0 saturated heterocycles. The van der Waals surface area contributed by atoms with E-state index >= 15 is 0 Å². The van der Waals surface area contributed by atoms with Gasteiger partial charge < -0.3 is 15.9 Å². The third-order valence-corrected chi connectivity index (χ3v) is 3.32. The van der Waals surface area contributed by atoms with Crippen molar-refractivity contribution in [3.63, 3.8) is 0 Å². The Morgan fingerprint density at radius 1 is 1.21 bits per heavy atom. The van der Waals surface area contributed by atoms with Gasteiger partial charge in [0.1, 0.15) is 0 Å². The molecule has 1 amide bonds. The molecule has 0 heterocycles. The summed E-state index contributed by atoms with van der Waals surface area (Å²) in [6.45, 7) is 5.49. The first-order chi connectivity index (χ1) is 11.5. The summed E-state index contributed by atoms with van der Waals surface area (Å²) >= 11 is 0. The SMILES string of the molecule is C=C(Cc1ccc(C(=O)Nc2ccccc2N)cc1)/N=C(/C)ON. The molecule has 0 bridgehead atoms. The largest absolute Gasteiger partial charge is 0.397 e. The third kappa shape index (κ3) is 4.69. The van der Waals surface area contributed by atoms with Crippen LogP contribution < -0.4 is 16.9 Å². The van der Waals surface area contributed by atoms with Crippen LogP contribution in [-0.2, 0) is 11.3 Å². The number of carbonyl (C=O) groups is 1. The topological polar surface area (TPSA) is 103 Å². The van der Waals surface area contributed by atoms with Gasteiger partial charge in [0.15, 0.2) is 0 Å². The number of hydrogen-bond acceptors (Lipinski definition) is 5. The van der Waals surface area contributed by atoms with Crippen LogP contribution in [0, 0.1) is 0 Å². The molecular weight excluding hydrogens is 304 g/mol. The quantitative estimate of drug-likeness (QED) is 0.340. The Hall–Kier alpha value is -3.12. The molecule has 0 aliphatic rings. The Morgan fingerprint density at radius 3 is 2.50 bits per heavy atom. The number of nitrogens with zero attached hydrogens (tertiary/aromatic N) is 1. The van der Waals surface area contributed by atoms with E-state index < -0.39 is 0 Å². The van der Waals surface area contributed by atoms with Gasteiger partial charge in [0.2, 0.25) is 5.90 Å². The Morgan fingerprint density at radius 2 is 1.88 bits per heavy atom. The molecule has 2 aromatic rings. The van der Waals surface area contributed by atoms with Gasteiger partial charge >= 0.3 is 0 Å². The molecule has 0 unspecified atom stereocenters. The molecule has 24 heavy (non-hydrogen) atoms. The zero-order chi connectivity index (χ0) is 17.5. The molecule has 0 spiro atoms. The van der Waals surface area contributed by atoms with Crippen LogP contribution in [0.2, 0.25) is 0 Å². The van der Waals surface area contributed by atoms with Crippen molar-refractivity contribution in [3.8, 4) is 0 Å². The molecule has 6 heteroatoms. The van der Waals surface area contributed by atoms with E-state index in [4.69, 9.17) is 11.6 Å². The molecule has 0 fully saturated rings. The molecular formula is C18H20N4O2. The normalized spacial score (nSPS) is 11.0. The van der Waals surface area contributed by atoms with Gasteiger partial charge in [-0.25, -0.2) is 4.99 Å². The Kier molecular flexibility index (Phi) is 5.70. The van der Waals surface area contributed by atoms with Crippen LogP contribution in [0.3, 0.4) is 0 Å². The smallest absolute Gasteiger partial charge is 0.255 e. The maximum absolute atomic E-state index is 12.2. The molecule has 124 valence electrons. The molecule has 6 nitrogen and oxygen atoms in total. The lowest BCUT2D eigenvalue weighted by Crippen LogP contribution is -2.13. The van der Waals surface area contributed by atoms with Crippen LogP contribution in [0.5, 0.6) is 0 Å². The molecule has 0 aliphatic carbocycles. The molecule has 2 aromatic carbocycles. The summed E-state index contributed by atoms with van der Waals surface area (Å²) in [5.74, 6) is 5.14. The number of amides is 1. The lowest BCUT2D eigenvalue weighted by molar-refractivity contribution is 0.102. The van der Waals surface area contributed by atoms with Crippen molar-refractivity contribution in [2.45, 2.75) is 13.3 Å². The first-order valence-corrected chi connectivity index (χ1v) is 7.34. The summed E-state index contributed by atoms with van der Waals surface area (Å²) in [4.78, 5) is 20.8. The summed E-state index contributed by atoms with van der Waals surface area (Å²) in [6.07, 6.45) is 0.536. The van der Waals surface area contributed by atoms with E-state index in [0.29, 0.717) is 35.0 Å². The highest BCUT2D eigenvalue weighted by Gasteiger charge is 2.08. The van der Waals surface area contributed by atoms with Crippen molar-refractivity contribution in [2.24, 2.45) is 10.9 Å². The summed E-state index contributed by atoms with van der Waals surface area (Å²) < 4.78 is 0. The summed E-state index contributed by atoms with van der Waals surface area (Å²) in [7, 11) is 0. The molecule has 2 rings (SSSR count). The summed E-state index contributed by atoms with van der Waals surface area (Å²) in [5.41, 5.74) is 9.07. The van der Waals surface area contributed by atoms with Crippen molar-refractivity contribution in [1.82, 2.24) is 0 Å². The van der Waals surface area contributed by atoms with Gasteiger partial charge in [-0.15, -0.1) is 0 Å². The standard InChI is InChI=1S/C18H20N4O2/c1-12(21-13(2)24-20)11-14-7-9-15(10-8-14)18(23)22-17-6-4-3-5-16(17)19/h3-10H,1,11,19-20H2,2H3,(H,22,23)/b21-13-. The number of benzene rings is 2. The summed E-state index contributed by atoms with van der Waals surface area (Å²) in [5, 5.41) is 2.79. The monoisotopic (exact) mass is 324 g/mol. The predicted molar refractivity (Wildman–Crippen MR) is 96.5 cm³/mol. The molecule has 5 N–H and O–H groups in total. The third-order valence-electron chi connectivity index (χ3n) is 3.32. The average molecular weight is 324 g/mol. The minimum absolute atomic E-state index is 0.219. The van der Waals surface area contributed by atoms with E-state index in [0.717, 1.165) is 5.56 Å². The Bertz CT molecular complexity index is 767. The fourth-order valence-electron chi connectivity index (χ4n) is 2.10. The van der Waals surface area contributed by atoms with Crippen LogP contribution in [0.4, 0.5) is 11.4 Å². The van der Waals surface area contributed by atoms with E-state index in [-0.39, 0.29) is 5.91 Å². The number of para-hydroxylation sites is 2. The van der Waals surface area contributed by atoms with Crippen molar-refractivity contribution < 1.29 is 9.63 Å². The lowest BCUT2D eigenvalue weighted by atomic mass is 10.1. The minimum Gasteiger partial charge on any atom is -0.397 e. The second-order valence-corrected chi connectivity index (χ2v) is 5.23. The molecule has 0 saturated carbocycles. The number of rotatable bonds is 5. The van der Waals surface area contributed by atoms with E-state index in [1.807, 2.05) is 24.3 Å². The second kappa shape index (κ2) is 7.94. The van der Waals surface area contributed by atoms with E-state index in [9.17, 15) is 4.79 Å². The van der Waals surface area contributed by atoms with Gasteiger partial charge in [0.25, 0.3) is 5.91 Å². The summed E-state index contributed by atoms with van der Waals surface area (Å²) in [6, 6.07) is 14.3. The number of anilines is 2. The maximum atomic E-state index is 12.2. The number of allylic oxidation sites excluding steroid dienone is 1. The van der Waals surface area contributed by atoms with E-state index in [1.54, 1.807) is 31.2 Å². The second-order valence-electron chi connectivity index (χ2n) is 5.23. The van der Waals surface area contributed by atoms with Crippen LogP contribution in [0.15, 0.2) is 65.8 Å². The van der Waals surface area contributed by atoms with Crippen LogP contribution >= 0.6 is 0 Å². The molecule has 0 aromatic heterocycles. The van der Waals surface area contributed by atoms with E-state index in [1.165, 1.54) is 0 Å². The van der Waals surface area contributed by atoms with Crippen molar-refractivity contribution in [3.05, 3.63) is 71.9 Å². The number of carbonyl (C=O) groups excluding carboxylic acids is 1. The van der Waals surface area contributed by atoms with Gasteiger partial charge in [-0.05, 0) is 29.8 Å². The molecule has 0 radical (unpaired) electrons. The van der Waals surface area contributed by atoms with Gasteiger partial charge in [0.05, 0.1) is 11.4 Å². The Labute approximate surface area is 140 Å².